The van der Waals surface area contributed by atoms with Gasteiger partial charge in [0.15, 0.2) is 0 Å². The molecule has 1 aliphatic rings. The molecule has 0 radical (unpaired) electrons. The molecule has 1 aliphatic carbocycles. The maximum atomic E-state index is 5.96. The van der Waals surface area contributed by atoms with Gasteiger partial charge in [0, 0.05) is 12.4 Å². The van der Waals surface area contributed by atoms with Gasteiger partial charge in [-0.25, -0.2) is 0 Å². The average Bonchev–Trinajstić information content (AvgIpc) is 2.40. The smallest absolute Gasteiger partial charge is 0.0251 e. The van der Waals surface area contributed by atoms with Crippen molar-refractivity contribution in [2.24, 2.45) is 11.8 Å². The van der Waals surface area contributed by atoms with Gasteiger partial charge in [0.2, 0.25) is 0 Å². The molecule has 1 aromatic carbocycles. The molecule has 0 bridgehead atoms. The van der Waals surface area contributed by atoms with E-state index in [9.17, 15) is 0 Å². The highest BCUT2D eigenvalue weighted by molar-refractivity contribution is 6.18. The third-order valence-corrected chi connectivity index (χ3v) is 4.15. The van der Waals surface area contributed by atoms with Gasteiger partial charge < -0.3 is 5.32 Å². The fourth-order valence-electron chi connectivity index (χ4n) is 2.74. The van der Waals surface area contributed by atoms with Crippen molar-refractivity contribution in [1.82, 2.24) is 5.32 Å². The molecule has 0 heterocycles. The van der Waals surface area contributed by atoms with Gasteiger partial charge in [0.25, 0.3) is 0 Å². The predicted molar refractivity (Wildman–Crippen MR) is 74.3 cm³/mol. The van der Waals surface area contributed by atoms with Crippen molar-refractivity contribution in [1.29, 1.82) is 0 Å². The standard InChI is InChI=1S/C15H22ClN/c16-10-14-7-4-8-15(9-14)12-17-11-13-5-2-1-3-6-13/h1-3,5-6,14-15,17H,4,7-12H2. The molecule has 1 N–H and O–H groups in total. The Morgan fingerprint density at radius 3 is 2.65 bits per heavy atom. The molecular weight excluding hydrogens is 230 g/mol. The van der Waals surface area contributed by atoms with E-state index in [1.165, 1.54) is 31.2 Å². The van der Waals surface area contributed by atoms with E-state index in [1.54, 1.807) is 0 Å². The number of alkyl halides is 1. The van der Waals surface area contributed by atoms with Crippen LogP contribution in [0.3, 0.4) is 0 Å². The second kappa shape index (κ2) is 7.03. The monoisotopic (exact) mass is 251 g/mol. The maximum Gasteiger partial charge on any atom is 0.0251 e. The number of nitrogens with one attached hydrogen (secondary N) is 1. The van der Waals surface area contributed by atoms with Crippen molar-refractivity contribution in [3.8, 4) is 0 Å². The van der Waals surface area contributed by atoms with Crippen LogP contribution in [0, 0.1) is 11.8 Å². The van der Waals surface area contributed by atoms with Gasteiger partial charge in [-0.2, -0.15) is 0 Å². The number of halogens is 1. The van der Waals surface area contributed by atoms with Crippen LogP contribution in [-0.4, -0.2) is 12.4 Å². The Morgan fingerprint density at radius 1 is 1.12 bits per heavy atom. The van der Waals surface area contributed by atoms with Crippen molar-refractivity contribution in [2.75, 3.05) is 12.4 Å². The summed E-state index contributed by atoms with van der Waals surface area (Å²) in [5.41, 5.74) is 1.37. The van der Waals surface area contributed by atoms with Gasteiger partial charge >= 0.3 is 0 Å². The highest BCUT2D eigenvalue weighted by atomic mass is 35.5. The Morgan fingerprint density at radius 2 is 1.88 bits per heavy atom. The van der Waals surface area contributed by atoms with E-state index < -0.39 is 0 Å². The molecule has 2 rings (SSSR count). The third-order valence-electron chi connectivity index (χ3n) is 3.71. The zero-order valence-electron chi connectivity index (χ0n) is 10.4. The number of rotatable bonds is 5. The lowest BCUT2D eigenvalue weighted by molar-refractivity contribution is 0.276. The minimum absolute atomic E-state index is 0.758. The largest absolute Gasteiger partial charge is 0.312 e. The number of benzene rings is 1. The third kappa shape index (κ3) is 4.33. The van der Waals surface area contributed by atoms with Crippen LogP contribution in [0.15, 0.2) is 30.3 Å². The fraction of sp³-hybridized carbons (Fsp3) is 0.600. The topological polar surface area (TPSA) is 12.0 Å². The second-order valence-corrected chi connectivity index (χ2v) is 5.48. The molecule has 0 aliphatic heterocycles. The summed E-state index contributed by atoms with van der Waals surface area (Å²) in [6, 6.07) is 10.6. The van der Waals surface area contributed by atoms with Crippen molar-refractivity contribution < 1.29 is 0 Å². The van der Waals surface area contributed by atoms with Gasteiger partial charge in [0.05, 0.1) is 0 Å². The summed E-state index contributed by atoms with van der Waals surface area (Å²) in [6.45, 7) is 2.13. The first kappa shape index (κ1) is 12.9. The lowest BCUT2D eigenvalue weighted by Crippen LogP contribution is -2.27. The Kier molecular flexibility index (Phi) is 5.34. The van der Waals surface area contributed by atoms with Gasteiger partial charge in [-0.3, -0.25) is 0 Å². The summed E-state index contributed by atoms with van der Waals surface area (Å²) in [6.07, 6.45) is 5.37. The number of hydrogen-bond acceptors (Lipinski definition) is 1. The van der Waals surface area contributed by atoms with Crippen LogP contribution in [0.5, 0.6) is 0 Å². The molecule has 2 heteroatoms. The Labute approximate surface area is 110 Å². The summed E-state index contributed by atoms with van der Waals surface area (Å²) in [5.74, 6) is 2.43. The average molecular weight is 252 g/mol. The van der Waals surface area contributed by atoms with E-state index >= 15 is 0 Å². The fourth-order valence-corrected chi connectivity index (χ4v) is 3.02. The zero-order chi connectivity index (χ0) is 11.9. The molecule has 0 spiro atoms. The van der Waals surface area contributed by atoms with Crippen LogP contribution in [0.4, 0.5) is 0 Å². The lowest BCUT2D eigenvalue weighted by Gasteiger charge is -2.28. The molecule has 94 valence electrons. The molecule has 0 amide bonds. The van der Waals surface area contributed by atoms with E-state index in [0.29, 0.717) is 0 Å². The molecule has 0 aromatic heterocycles. The summed E-state index contributed by atoms with van der Waals surface area (Å²) >= 11 is 5.96. The first-order valence-corrected chi connectivity index (χ1v) is 7.22. The number of hydrogen-bond donors (Lipinski definition) is 1. The summed E-state index contributed by atoms with van der Waals surface area (Å²) < 4.78 is 0. The highest BCUT2D eigenvalue weighted by Crippen LogP contribution is 2.29. The Bertz CT molecular complexity index is 312. The van der Waals surface area contributed by atoms with Crippen LogP contribution in [-0.2, 0) is 6.54 Å². The van der Waals surface area contributed by atoms with Gasteiger partial charge in [0.1, 0.15) is 0 Å². The maximum absolute atomic E-state index is 5.96. The van der Waals surface area contributed by atoms with Crippen LogP contribution in [0.2, 0.25) is 0 Å². The molecule has 1 fully saturated rings. The van der Waals surface area contributed by atoms with Crippen LogP contribution in [0.25, 0.3) is 0 Å². The molecule has 2 unspecified atom stereocenters. The molecular formula is C15H22ClN. The zero-order valence-corrected chi connectivity index (χ0v) is 11.1. The first-order chi connectivity index (χ1) is 8.38. The van der Waals surface area contributed by atoms with Crippen LogP contribution >= 0.6 is 11.6 Å². The molecule has 2 atom stereocenters. The van der Waals surface area contributed by atoms with Crippen molar-refractivity contribution >= 4 is 11.6 Å². The van der Waals surface area contributed by atoms with Gasteiger partial charge in [-0.1, -0.05) is 36.8 Å². The SMILES string of the molecule is ClCC1CCCC(CNCc2ccccc2)C1. The predicted octanol–water partition coefficient (Wildman–Crippen LogP) is 3.82. The van der Waals surface area contributed by atoms with Crippen LogP contribution in [0.1, 0.15) is 31.2 Å². The molecule has 1 aromatic rings. The first-order valence-electron chi connectivity index (χ1n) is 6.69. The summed E-state index contributed by atoms with van der Waals surface area (Å²) in [5, 5.41) is 3.57. The molecule has 0 saturated heterocycles. The van der Waals surface area contributed by atoms with Crippen molar-refractivity contribution in [3.63, 3.8) is 0 Å². The van der Waals surface area contributed by atoms with E-state index in [4.69, 9.17) is 11.6 Å². The van der Waals surface area contributed by atoms with E-state index in [1.807, 2.05) is 0 Å². The molecule has 1 nitrogen and oxygen atoms in total. The van der Waals surface area contributed by atoms with E-state index in [0.717, 1.165) is 30.8 Å². The minimum atomic E-state index is 0.758. The second-order valence-electron chi connectivity index (χ2n) is 5.17. The minimum Gasteiger partial charge on any atom is -0.312 e. The molecule has 17 heavy (non-hydrogen) atoms. The van der Waals surface area contributed by atoms with Gasteiger partial charge in [-0.15, -0.1) is 11.6 Å². The van der Waals surface area contributed by atoms with E-state index in [-0.39, 0.29) is 0 Å². The summed E-state index contributed by atoms with van der Waals surface area (Å²) in [7, 11) is 0. The quantitative estimate of drug-likeness (QED) is 0.785. The molecule has 1 saturated carbocycles. The highest BCUT2D eigenvalue weighted by Gasteiger charge is 2.20. The van der Waals surface area contributed by atoms with Crippen LogP contribution < -0.4 is 5.32 Å². The van der Waals surface area contributed by atoms with Crippen molar-refractivity contribution in [2.45, 2.75) is 32.2 Å². The van der Waals surface area contributed by atoms with Crippen molar-refractivity contribution in [3.05, 3.63) is 35.9 Å². The van der Waals surface area contributed by atoms with Gasteiger partial charge in [-0.05, 0) is 43.2 Å². The summed E-state index contributed by atoms with van der Waals surface area (Å²) in [4.78, 5) is 0. The van der Waals surface area contributed by atoms with E-state index in [2.05, 4.69) is 35.6 Å². The Balaban J connectivity index is 1.68. The lowest BCUT2D eigenvalue weighted by atomic mass is 9.82. The normalized spacial score (nSPS) is 24.8. The Hall–Kier alpha value is -0.530.